The minimum atomic E-state index is 0.172. The molecule has 3 aromatic rings. The van der Waals surface area contributed by atoms with Gasteiger partial charge in [0.05, 0.1) is 11.0 Å². The standard InChI is InChI=1S/C19H19N3O/c23-18-12-15(19-20-16-8-4-5-9-17(16)21-19)13-22(18)11-10-14-6-2-1-3-7-14/h1-9,15H,10-13H2,(H,20,21)/t15-/m0/s1. The lowest BCUT2D eigenvalue weighted by Gasteiger charge is -2.16. The van der Waals surface area contributed by atoms with Gasteiger partial charge in [-0.15, -0.1) is 0 Å². The monoisotopic (exact) mass is 305 g/mol. The van der Waals surface area contributed by atoms with Crippen LogP contribution in [0.4, 0.5) is 0 Å². The predicted octanol–water partition coefficient (Wildman–Crippen LogP) is 3.12. The molecule has 1 aliphatic heterocycles. The molecule has 1 amide bonds. The first kappa shape index (κ1) is 14.0. The molecule has 1 aliphatic rings. The van der Waals surface area contributed by atoms with Crippen molar-refractivity contribution in [1.29, 1.82) is 0 Å². The van der Waals surface area contributed by atoms with E-state index in [0.717, 1.165) is 36.4 Å². The normalized spacial score (nSPS) is 18.0. The summed E-state index contributed by atoms with van der Waals surface area (Å²) >= 11 is 0. The molecule has 0 saturated carbocycles. The maximum atomic E-state index is 12.3. The Morgan fingerprint density at radius 3 is 2.70 bits per heavy atom. The van der Waals surface area contributed by atoms with Crippen LogP contribution in [0.5, 0.6) is 0 Å². The summed E-state index contributed by atoms with van der Waals surface area (Å²) in [6.07, 6.45) is 1.45. The van der Waals surface area contributed by atoms with E-state index >= 15 is 0 Å². The van der Waals surface area contributed by atoms with E-state index < -0.39 is 0 Å². The van der Waals surface area contributed by atoms with E-state index in [1.807, 2.05) is 47.4 Å². The van der Waals surface area contributed by atoms with Crippen LogP contribution in [-0.2, 0) is 11.2 Å². The van der Waals surface area contributed by atoms with Crippen LogP contribution in [0.25, 0.3) is 11.0 Å². The molecule has 4 heteroatoms. The van der Waals surface area contributed by atoms with Gasteiger partial charge in [0.15, 0.2) is 0 Å². The minimum absolute atomic E-state index is 0.172. The topological polar surface area (TPSA) is 49.0 Å². The summed E-state index contributed by atoms with van der Waals surface area (Å²) in [5.74, 6) is 1.33. The average Bonchev–Trinajstić information content (AvgIpc) is 3.17. The number of nitrogens with one attached hydrogen (secondary N) is 1. The van der Waals surface area contributed by atoms with E-state index in [0.29, 0.717) is 6.42 Å². The van der Waals surface area contributed by atoms with Crippen LogP contribution < -0.4 is 0 Å². The maximum Gasteiger partial charge on any atom is 0.223 e. The fraction of sp³-hybridized carbons (Fsp3) is 0.263. The summed E-state index contributed by atoms with van der Waals surface area (Å²) < 4.78 is 0. The highest BCUT2D eigenvalue weighted by Crippen LogP contribution is 2.27. The highest BCUT2D eigenvalue weighted by Gasteiger charge is 2.32. The molecule has 0 aliphatic carbocycles. The Hall–Kier alpha value is -2.62. The van der Waals surface area contributed by atoms with E-state index in [-0.39, 0.29) is 11.8 Å². The lowest BCUT2D eigenvalue weighted by Crippen LogP contribution is -2.27. The Morgan fingerprint density at radius 2 is 1.87 bits per heavy atom. The molecule has 0 radical (unpaired) electrons. The number of benzene rings is 2. The highest BCUT2D eigenvalue weighted by molar-refractivity contribution is 5.80. The number of imidazole rings is 1. The molecule has 1 N–H and O–H groups in total. The van der Waals surface area contributed by atoms with E-state index in [1.54, 1.807) is 0 Å². The fourth-order valence-corrected chi connectivity index (χ4v) is 3.25. The second-order valence-corrected chi connectivity index (χ2v) is 6.12. The summed E-state index contributed by atoms with van der Waals surface area (Å²) in [6, 6.07) is 18.3. The molecule has 0 spiro atoms. The number of carbonyl (C=O) groups is 1. The van der Waals surface area contributed by atoms with Crippen molar-refractivity contribution >= 4 is 16.9 Å². The number of hydrogen-bond donors (Lipinski definition) is 1. The van der Waals surface area contributed by atoms with Crippen molar-refractivity contribution in [2.75, 3.05) is 13.1 Å². The Balaban J connectivity index is 1.45. The Morgan fingerprint density at radius 1 is 1.09 bits per heavy atom. The van der Waals surface area contributed by atoms with Gasteiger partial charge in [0.2, 0.25) is 5.91 Å². The summed E-state index contributed by atoms with van der Waals surface area (Å²) in [6.45, 7) is 1.53. The number of para-hydroxylation sites is 2. The highest BCUT2D eigenvalue weighted by atomic mass is 16.2. The first-order valence-corrected chi connectivity index (χ1v) is 8.06. The van der Waals surface area contributed by atoms with Crippen molar-refractivity contribution in [3.63, 3.8) is 0 Å². The van der Waals surface area contributed by atoms with Crippen LogP contribution in [0.2, 0.25) is 0 Å². The molecule has 23 heavy (non-hydrogen) atoms. The third kappa shape index (κ3) is 2.84. The lowest BCUT2D eigenvalue weighted by atomic mass is 10.1. The summed E-state index contributed by atoms with van der Waals surface area (Å²) in [7, 11) is 0. The van der Waals surface area contributed by atoms with Crippen molar-refractivity contribution < 1.29 is 4.79 Å². The van der Waals surface area contributed by atoms with Crippen LogP contribution in [-0.4, -0.2) is 33.9 Å². The molecule has 116 valence electrons. The third-order valence-corrected chi connectivity index (χ3v) is 4.52. The van der Waals surface area contributed by atoms with Gasteiger partial charge in [-0.25, -0.2) is 4.98 Å². The number of amides is 1. The SMILES string of the molecule is O=C1C[C@H](c2nc3ccccc3[nH]2)CN1CCc1ccccc1. The zero-order valence-corrected chi connectivity index (χ0v) is 12.9. The van der Waals surface area contributed by atoms with Crippen molar-refractivity contribution in [3.8, 4) is 0 Å². The van der Waals surface area contributed by atoms with Gasteiger partial charge in [-0.3, -0.25) is 4.79 Å². The Labute approximate surface area is 135 Å². The van der Waals surface area contributed by atoms with Gasteiger partial charge in [-0.05, 0) is 24.1 Å². The molecular weight excluding hydrogens is 286 g/mol. The molecule has 0 unspecified atom stereocenters. The summed E-state index contributed by atoms with van der Waals surface area (Å²) in [5, 5.41) is 0. The number of nitrogens with zero attached hydrogens (tertiary/aromatic N) is 2. The summed E-state index contributed by atoms with van der Waals surface area (Å²) in [5.41, 5.74) is 3.28. The van der Waals surface area contributed by atoms with E-state index in [4.69, 9.17) is 0 Å². The van der Waals surface area contributed by atoms with Crippen molar-refractivity contribution in [3.05, 3.63) is 66.0 Å². The first-order valence-electron chi connectivity index (χ1n) is 8.06. The largest absolute Gasteiger partial charge is 0.342 e. The molecule has 1 saturated heterocycles. The third-order valence-electron chi connectivity index (χ3n) is 4.52. The fourth-order valence-electron chi connectivity index (χ4n) is 3.25. The van der Waals surface area contributed by atoms with E-state index in [2.05, 4.69) is 22.1 Å². The van der Waals surface area contributed by atoms with Crippen molar-refractivity contribution in [2.45, 2.75) is 18.8 Å². The van der Waals surface area contributed by atoms with Gasteiger partial charge in [0.25, 0.3) is 0 Å². The number of carbonyl (C=O) groups excluding carboxylic acids is 1. The van der Waals surface area contributed by atoms with Gasteiger partial charge >= 0.3 is 0 Å². The van der Waals surface area contributed by atoms with Crippen molar-refractivity contribution in [1.82, 2.24) is 14.9 Å². The zero-order valence-electron chi connectivity index (χ0n) is 12.9. The number of likely N-dealkylation sites (tertiary alicyclic amines) is 1. The van der Waals surface area contributed by atoms with Gasteiger partial charge < -0.3 is 9.88 Å². The van der Waals surface area contributed by atoms with Gasteiger partial charge in [0, 0.05) is 25.4 Å². The number of aromatic nitrogens is 2. The second-order valence-electron chi connectivity index (χ2n) is 6.12. The number of rotatable bonds is 4. The minimum Gasteiger partial charge on any atom is -0.342 e. The molecule has 4 nitrogen and oxygen atoms in total. The molecule has 2 heterocycles. The number of H-pyrrole nitrogens is 1. The van der Waals surface area contributed by atoms with Gasteiger partial charge in [-0.2, -0.15) is 0 Å². The molecule has 0 bridgehead atoms. The molecular formula is C19H19N3O. The van der Waals surface area contributed by atoms with E-state index in [9.17, 15) is 4.79 Å². The Bertz CT molecular complexity index is 792. The smallest absolute Gasteiger partial charge is 0.223 e. The van der Waals surface area contributed by atoms with Crippen LogP contribution in [0.3, 0.4) is 0 Å². The quantitative estimate of drug-likeness (QED) is 0.805. The van der Waals surface area contributed by atoms with Crippen LogP contribution in [0.15, 0.2) is 54.6 Å². The molecule has 4 rings (SSSR count). The zero-order chi connectivity index (χ0) is 15.6. The second kappa shape index (κ2) is 5.88. The predicted molar refractivity (Wildman–Crippen MR) is 90.2 cm³/mol. The van der Waals surface area contributed by atoms with Gasteiger partial charge in [0.1, 0.15) is 5.82 Å². The van der Waals surface area contributed by atoms with E-state index in [1.165, 1.54) is 5.56 Å². The van der Waals surface area contributed by atoms with Crippen molar-refractivity contribution in [2.24, 2.45) is 0 Å². The molecule has 1 fully saturated rings. The first-order chi connectivity index (χ1) is 11.3. The molecule has 2 aromatic carbocycles. The van der Waals surface area contributed by atoms with Crippen LogP contribution in [0, 0.1) is 0 Å². The molecule has 1 atom stereocenters. The number of hydrogen-bond acceptors (Lipinski definition) is 2. The number of aromatic amines is 1. The van der Waals surface area contributed by atoms with Crippen LogP contribution >= 0.6 is 0 Å². The average molecular weight is 305 g/mol. The van der Waals surface area contributed by atoms with Gasteiger partial charge in [-0.1, -0.05) is 42.5 Å². The Kier molecular flexibility index (Phi) is 3.58. The molecule has 1 aromatic heterocycles. The van der Waals surface area contributed by atoms with Crippen LogP contribution in [0.1, 0.15) is 23.7 Å². The summed E-state index contributed by atoms with van der Waals surface area (Å²) in [4.78, 5) is 22.3. The maximum absolute atomic E-state index is 12.3. The lowest BCUT2D eigenvalue weighted by molar-refractivity contribution is -0.127. The number of fused-ring (bicyclic) bond motifs is 1.